The smallest absolute Gasteiger partial charge is 0.352 e. The number of fused-ring (bicyclic) bond motifs is 1. The summed E-state index contributed by atoms with van der Waals surface area (Å²) < 4.78 is 1.64. The van der Waals surface area contributed by atoms with Gasteiger partial charge in [0.25, 0.3) is 11.8 Å². The summed E-state index contributed by atoms with van der Waals surface area (Å²) in [5.41, 5.74) is 0.255. The highest BCUT2D eigenvalue weighted by atomic mass is 32.2. The molecule has 0 spiro atoms. The van der Waals surface area contributed by atoms with E-state index in [1.165, 1.54) is 33.8 Å². The topological polar surface area (TPSA) is 194 Å². The van der Waals surface area contributed by atoms with Crippen LogP contribution in [0.4, 0.5) is 5.13 Å². The number of nitrogens with zero attached hydrogens (tertiary/aromatic N) is 7. The van der Waals surface area contributed by atoms with E-state index in [1.807, 2.05) is 6.92 Å². The van der Waals surface area contributed by atoms with Crippen LogP contribution in [-0.4, -0.2) is 94.6 Å². The molecular formula is C21H21N9O6S3. The molecule has 18 heteroatoms. The minimum atomic E-state index is -1.25. The van der Waals surface area contributed by atoms with Crippen molar-refractivity contribution in [3.63, 3.8) is 0 Å². The third-order valence-electron chi connectivity index (χ3n) is 5.29. The monoisotopic (exact) mass is 591 g/mol. The van der Waals surface area contributed by atoms with Gasteiger partial charge in [0.2, 0.25) is 11.6 Å². The number of amides is 3. The molecule has 2 aliphatic heterocycles. The molecule has 4 rings (SSSR count). The molecule has 1 unspecified atom stereocenters. The molecule has 2 atom stereocenters. The highest BCUT2D eigenvalue weighted by Gasteiger charge is 2.54. The van der Waals surface area contributed by atoms with Crippen molar-refractivity contribution in [1.82, 2.24) is 35.4 Å². The second-order valence-electron chi connectivity index (χ2n) is 7.81. The summed E-state index contributed by atoms with van der Waals surface area (Å²) in [5, 5.41) is 31.8. The van der Waals surface area contributed by atoms with Crippen LogP contribution in [0.15, 0.2) is 27.0 Å². The molecule has 0 saturated carbocycles. The van der Waals surface area contributed by atoms with Gasteiger partial charge in [0, 0.05) is 23.4 Å². The Bertz CT molecular complexity index is 1380. The van der Waals surface area contributed by atoms with Crippen LogP contribution in [0.5, 0.6) is 0 Å². The van der Waals surface area contributed by atoms with Crippen molar-refractivity contribution in [3.8, 4) is 12.3 Å². The maximum absolute atomic E-state index is 13.1. The number of carboxylic acid groups (broad SMARTS) is 1. The van der Waals surface area contributed by atoms with Crippen molar-refractivity contribution < 1.29 is 29.1 Å². The van der Waals surface area contributed by atoms with E-state index in [1.54, 1.807) is 4.68 Å². The van der Waals surface area contributed by atoms with Crippen molar-refractivity contribution in [2.75, 3.05) is 23.4 Å². The lowest BCUT2D eigenvalue weighted by Gasteiger charge is -2.49. The Balaban J connectivity index is 1.49. The zero-order chi connectivity index (χ0) is 27.9. The number of aliphatic carboxylic acids is 1. The fourth-order valence-electron chi connectivity index (χ4n) is 3.65. The largest absolute Gasteiger partial charge is 0.477 e. The van der Waals surface area contributed by atoms with Crippen LogP contribution in [-0.2, 0) is 30.6 Å². The van der Waals surface area contributed by atoms with Gasteiger partial charge in [-0.1, -0.05) is 29.8 Å². The normalized spacial score (nSPS) is 18.6. The van der Waals surface area contributed by atoms with E-state index in [-0.39, 0.29) is 34.6 Å². The first-order valence-corrected chi connectivity index (χ1v) is 14.2. The summed E-state index contributed by atoms with van der Waals surface area (Å²) in [6.45, 7) is 2.40. The van der Waals surface area contributed by atoms with E-state index in [9.17, 15) is 24.3 Å². The molecular weight excluding hydrogens is 570 g/mol. The van der Waals surface area contributed by atoms with Gasteiger partial charge >= 0.3 is 5.97 Å². The molecule has 1 fully saturated rings. The van der Waals surface area contributed by atoms with Gasteiger partial charge in [-0.25, -0.2) is 14.5 Å². The maximum atomic E-state index is 13.1. The molecule has 0 aromatic carbocycles. The van der Waals surface area contributed by atoms with Crippen molar-refractivity contribution >= 4 is 69.9 Å². The number of carboxylic acids is 1. The number of carbonyl (C=O) groups is 4. The number of carbonyl (C=O) groups excluding carboxylic acids is 3. The lowest BCUT2D eigenvalue weighted by Crippen LogP contribution is -2.71. The Morgan fingerprint density at radius 3 is 3.00 bits per heavy atom. The van der Waals surface area contributed by atoms with Crippen molar-refractivity contribution in [3.05, 3.63) is 22.3 Å². The second kappa shape index (κ2) is 12.7. The maximum Gasteiger partial charge on any atom is 0.352 e. The fourth-order valence-corrected chi connectivity index (χ4v) is 6.69. The van der Waals surface area contributed by atoms with Gasteiger partial charge in [-0.2, -0.15) is 0 Å². The minimum Gasteiger partial charge on any atom is -0.477 e. The average molecular weight is 592 g/mol. The van der Waals surface area contributed by atoms with Crippen LogP contribution in [0.1, 0.15) is 19.0 Å². The Morgan fingerprint density at radius 1 is 1.46 bits per heavy atom. The molecule has 3 N–H and O–H groups in total. The van der Waals surface area contributed by atoms with E-state index in [0.717, 1.165) is 17.8 Å². The average Bonchev–Trinajstić information content (AvgIpc) is 3.57. The molecule has 4 heterocycles. The van der Waals surface area contributed by atoms with Crippen LogP contribution in [0, 0.1) is 12.3 Å². The number of hydrogen-bond acceptors (Lipinski definition) is 13. The summed E-state index contributed by atoms with van der Waals surface area (Å²) >= 11 is 3.66. The Hall–Kier alpha value is -3.95. The number of rotatable bonds is 13. The summed E-state index contributed by atoms with van der Waals surface area (Å²) in [6, 6.07) is -1.01. The third-order valence-corrected chi connectivity index (χ3v) is 8.45. The van der Waals surface area contributed by atoms with E-state index < -0.39 is 29.2 Å². The second-order valence-corrected chi connectivity index (χ2v) is 10.7. The SMILES string of the molecule is C#CCO/N=C(/C(=O)NC1C(=O)N2C(C(=O)O)=C(CSc3nnnn3CCC)CS[C@H]12)c1csc(NC=O)n1. The van der Waals surface area contributed by atoms with E-state index in [4.69, 9.17) is 11.3 Å². The standard InChI is InChI=1S/C21H21N9O6S3/c1-3-5-29-21(25-27-28-29)39-8-11-7-37-18-14(17(33)30(18)15(11)19(34)35)24-16(32)13(26-36-6-4-2)12-9-38-20(23-12)22-10-31/h2,9-10,14,18H,3,5-8H2,1H3,(H,24,32)(H,34,35)(H,22,23,31)/b26-13+/t14?,18-/m1/s1. The number of aryl methyl sites for hydroxylation is 1. The first-order chi connectivity index (χ1) is 18.9. The highest BCUT2D eigenvalue weighted by molar-refractivity contribution is 8.01. The zero-order valence-electron chi connectivity index (χ0n) is 20.3. The van der Waals surface area contributed by atoms with Gasteiger partial charge in [-0.05, 0) is 22.4 Å². The number of hydrogen-bond donors (Lipinski definition) is 3. The number of β-lactam (4-membered cyclic amide) rings is 1. The number of tetrazole rings is 1. The minimum absolute atomic E-state index is 0.0923. The van der Waals surface area contributed by atoms with Gasteiger partial charge in [-0.15, -0.1) is 34.6 Å². The van der Waals surface area contributed by atoms with Crippen LogP contribution in [0.25, 0.3) is 0 Å². The Labute approximate surface area is 233 Å². The van der Waals surface area contributed by atoms with E-state index >= 15 is 0 Å². The molecule has 39 heavy (non-hydrogen) atoms. The van der Waals surface area contributed by atoms with Crippen LogP contribution < -0.4 is 10.6 Å². The first kappa shape index (κ1) is 28.1. The van der Waals surface area contributed by atoms with E-state index in [0.29, 0.717) is 29.4 Å². The summed E-state index contributed by atoms with van der Waals surface area (Å²) in [7, 11) is 0. The first-order valence-electron chi connectivity index (χ1n) is 11.3. The zero-order valence-corrected chi connectivity index (χ0v) is 22.7. The predicted molar refractivity (Wildman–Crippen MR) is 142 cm³/mol. The van der Waals surface area contributed by atoms with Gasteiger partial charge < -0.3 is 20.6 Å². The van der Waals surface area contributed by atoms with Crippen LogP contribution in [0.3, 0.4) is 0 Å². The van der Waals surface area contributed by atoms with Crippen molar-refractivity contribution in [2.24, 2.45) is 5.16 Å². The van der Waals surface area contributed by atoms with Gasteiger partial charge in [-0.3, -0.25) is 19.3 Å². The summed E-state index contributed by atoms with van der Waals surface area (Å²) in [5.74, 6) is 0.209. The number of aromatic nitrogens is 5. The molecule has 15 nitrogen and oxygen atoms in total. The van der Waals surface area contributed by atoms with Gasteiger partial charge in [0.15, 0.2) is 17.5 Å². The molecule has 2 aliphatic rings. The summed E-state index contributed by atoms with van der Waals surface area (Å²) in [6.07, 6.45) is 6.43. The van der Waals surface area contributed by atoms with Crippen molar-refractivity contribution in [2.45, 2.75) is 36.5 Å². The number of thioether (sulfide) groups is 2. The fraction of sp³-hybridized carbons (Fsp3) is 0.381. The molecule has 2 aromatic rings. The predicted octanol–water partition coefficient (Wildman–Crippen LogP) is -0.00730. The molecule has 0 aliphatic carbocycles. The number of thiazole rings is 1. The lowest BCUT2D eigenvalue weighted by molar-refractivity contribution is -0.150. The number of nitrogens with one attached hydrogen (secondary N) is 2. The number of terminal acetylenes is 1. The summed E-state index contributed by atoms with van der Waals surface area (Å²) in [4.78, 5) is 59.3. The Kier molecular flexibility index (Phi) is 9.16. The number of anilines is 1. The number of oxime groups is 1. The lowest BCUT2D eigenvalue weighted by atomic mass is 10.0. The Morgan fingerprint density at radius 2 is 2.28 bits per heavy atom. The molecule has 3 amide bonds. The van der Waals surface area contributed by atoms with E-state index in [2.05, 4.69) is 42.2 Å². The van der Waals surface area contributed by atoms with Crippen LogP contribution in [0.2, 0.25) is 0 Å². The molecule has 2 aromatic heterocycles. The van der Waals surface area contributed by atoms with Crippen LogP contribution >= 0.6 is 34.9 Å². The molecule has 0 radical (unpaired) electrons. The van der Waals surface area contributed by atoms with Crippen molar-refractivity contribution in [1.29, 1.82) is 0 Å². The van der Waals surface area contributed by atoms with Gasteiger partial charge in [0.05, 0.1) is 0 Å². The molecule has 0 bridgehead atoms. The quantitative estimate of drug-likeness (QED) is 0.0537. The molecule has 1 saturated heterocycles. The highest BCUT2D eigenvalue weighted by Crippen LogP contribution is 2.41. The molecule has 204 valence electrons. The van der Waals surface area contributed by atoms with Gasteiger partial charge in [0.1, 0.15) is 22.8 Å². The third kappa shape index (κ3) is 6.05.